The molecule has 0 aromatic rings. The summed E-state index contributed by atoms with van der Waals surface area (Å²) in [5.41, 5.74) is -1.26. The summed E-state index contributed by atoms with van der Waals surface area (Å²) in [6.45, 7) is 5.94. The largest absolute Gasteiger partial charge is 0.465 e. The molecule has 0 bridgehead atoms. The Labute approximate surface area is 176 Å². The van der Waals surface area contributed by atoms with E-state index in [0.29, 0.717) is 13.0 Å². The van der Waals surface area contributed by atoms with E-state index in [-0.39, 0.29) is 31.1 Å². The van der Waals surface area contributed by atoms with Crippen LogP contribution >= 0.6 is 0 Å². The van der Waals surface area contributed by atoms with Crippen LogP contribution in [0.2, 0.25) is 0 Å². The summed E-state index contributed by atoms with van der Waals surface area (Å²) in [5.74, 6) is -2.74. The lowest BCUT2D eigenvalue weighted by atomic mass is 9.78. The number of aliphatic hydroxyl groups is 1. The number of carbonyl (C=O) groups is 3. The lowest BCUT2D eigenvalue weighted by Crippen LogP contribution is -2.58. The van der Waals surface area contributed by atoms with E-state index in [4.69, 9.17) is 9.47 Å². The van der Waals surface area contributed by atoms with Gasteiger partial charge in [0, 0.05) is 12.6 Å². The number of carbonyl (C=O) groups excluding carboxylic acids is 3. The molecule has 2 amide bonds. The lowest BCUT2D eigenvalue weighted by Gasteiger charge is -2.38. The van der Waals surface area contributed by atoms with E-state index >= 15 is 0 Å². The molecule has 2 saturated heterocycles. The molecular weight excluding hydrogens is 388 g/mol. The number of amides is 2. The summed E-state index contributed by atoms with van der Waals surface area (Å²) in [7, 11) is 0. The summed E-state index contributed by atoms with van der Waals surface area (Å²) in [4.78, 5) is 43.4. The third kappa shape index (κ3) is 3.00. The number of aliphatic hydroxyl groups excluding tert-OH is 1. The maximum Gasteiger partial charge on any atom is 0.312 e. The van der Waals surface area contributed by atoms with E-state index in [1.165, 1.54) is 4.90 Å². The number of cyclic esters (lactones) is 1. The molecule has 0 saturated carbocycles. The molecule has 30 heavy (non-hydrogen) atoms. The average molecular weight is 418 g/mol. The minimum Gasteiger partial charge on any atom is -0.465 e. The Kier molecular flexibility index (Phi) is 5.48. The minimum atomic E-state index is -1.26. The predicted molar refractivity (Wildman–Crippen MR) is 107 cm³/mol. The van der Waals surface area contributed by atoms with Crippen LogP contribution in [0.4, 0.5) is 0 Å². The van der Waals surface area contributed by atoms with Gasteiger partial charge >= 0.3 is 5.97 Å². The van der Waals surface area contributed by atoms with Crippen LogP contribution in [0.1, 0.15) is 33.6 Å². The highest BCUT2D eigenvalue weighted by Crippen LogP contribution is 2.53. The second-order valence-electron chi connectivity index (χ2n) is 8.84. The zero-order valence-corrected chi connectivity index (χ0v) is 17.7. The molecule has 0 aromatic heterocycles. The van der Waals surface area contributed by atoms with Crippen LogP contribution in [-0.4, -0.2) is 82.3 Å². The molecule has 4 aliphatic heterocycles. The molecular formula is C22H30N2O6. The second kappa shape index (κ2) is 7.81. The van der Waals surface area contributed by atoms with Crippen molar-refractivity contribution in [2.75, 3.05) is 19.8 Å². The van der Waals surface area contributed by atoms with E-state index in [1.807, 2.05) is 32.1 Å². The number of hydrogen-bond acceptors (Lipinski definition) is 6. The quantitative estimate of drug-likeness (QED) is 0.534. The summed E-state index contributed by atoms with van der Waals surface area (Å²) >= 11 is 0. The van der Waals surface area contributed by atoms with Crippen molar-refractivity contribution in [3.8, 4) is 0 Å². The van der Waals surface area contributed by atoms with Gasteiger partial charge < -0.3 is 24.4 Å². The van der Waals surface area contributed by atoms with Crippen LogP contribution in [-0.2, 0) is 23.9 Å². The monoisotopic (exact) mass is 418 g/mol. The number of esters is 1. The van der Waals surface area contributed by atoms with Crippen LogP contribution < -0.4 is 0 Å². The van der Waals surface area contributed by atoms with Crippen LogP contribution in [0.25, 0.3) is 0 Å². The van der Waals surface area contributed by atoms with Gasteiger partial charge in [-0.25, -0.2) is 0 Å². The summed E-state index contributed by atoms with van der Waals surface area (Å²) < 4.78 is 11.9. The van der Waals surface area contributed by atoms with Crippen molar-refractivity contribution in [2.45, 2.75) is 63.4 Å². The first-order chi connectivity index (χ1) is 14.3. The molecule has 1 spiro atoms. The highest BCUT2D eigenvalue weighted by atomic mass is 16.6. The number of ether oxygens (including phenoxy) is 2. The van der Waals surface area contributed by atoms with Crippen LogP contribution in [0, 0.1) is 11.8 Å². The number of fused-ring (bicyclic) bond motifs is 2. The van der Waals surface area contributed by atoms with Crippen molar-refractivity contribution in [3.05, 3.63) is 24.3 Å². The first-order valence-corrected chi connectivity index (χ1v) is 10.8. The lowest BCUT2D eigenvalue weighted by molar-refractivity contribution is -0.156. The molecule has 4 rings (SSSR count). The SMILES string of the molecule is CC(C)N1CC=C[C@]23O[C@H]4/C=C\CCCOC(=O)[C@H]4[C@H]2C(=O)N([C@H](C)CO)C3C1=O. The zero-order chi connectivity index (χ0) is 21.6. The number of nitrogens with zero attached hydrogens (tertiary/aromatic N) is 2. The summed E-state index contributed by atoms with van der Waals surface area (Å²) in [5, 5.41) is 9.82. The molecule has 8 nitrogen and oxygen atoms in total. The van der Waals surface area contributed by atoms with Crippen LogP contribution in [0.15, 0.2) is 24.3 Å². The maximum absolute atomic E-state index is 13.7. The number of hydrogen-bond donors (Lipinski definition) is 1. The van der Waals surface area contributed by atoms with Gasteiger partial charge in [-0.1, -0.05) is 24.3 Å². The topological polar surface area (TPSA) is 96.4 Å². The van der Waals surface area contributed by atoms with E-state index < -0.39 is 41.6 Å². The van der Waals surface area contributed by atoms with Crippen molar-refractivity contribution in [2.24, 2.45) is 11.8 Å². The molecule has 6 atom stereocenters. The Morgan fingerprint density at radius 3 is 2.67 bits per heavy atom. The summed E-state index contributed by atoms with van der Waals surface area (Å²) in [6, 6.07) is -1.59. The number of likely N-dealkylation sites (tertiary alicyclic amines) is 1. The van der Waals surface area contributed by atoms with Gasteiger partial charge in [-0.05, 0) is 33.6 Å². The predicted octanol–water partition coefficient (Wildman–Crippen LogP) is 0.648. The van der Waals surface area contributed by atoms with E-state index in [1.54, 1.807) is 17.9 Å². The van der Waals surface area contributed by atoms with Gasteiger partial charge in [-0.2, -0.15) is 0 Å². The summed E-state index contributed by atoms with van der Waals surface area (Å²) in [6.07, 6.45) is 8.26. The standard InChI is InChI=1S/C22H30N2O6/c1-13(2)23-10-7-9-22-17(19(26)24(14(3)12-25)18(22)20(23)27)16-15(30-22)8-5-4-6-11-29-21(16)28/h5,7-9,13-18,25H,4,6,10-12H2,1-3H3/b8-5-/t14-,15+,16-,17+,18?,22+/m1/s1. The molecule has 0 aromatic carbocycles. The molecule has 8 heteroatoms. The Balaban J connectivity index is 1.86. The first-order valence-electron chi connectivity index (χ1n) is 10.8. The van der Waals surface area contributed by atoms with E-state index in [2.05, 4.69) is 0 Å². The Morgan fingerprint density at radius 1 is 1.20 bits per heavy atom. The van der Waals surface area contributed by atoms with Gasteiger partial charge in [0.25, 0.3) is 0 Å². The molecule has 4 aliphatic rings. The fraction of sp³-hybridized carbons (Fsp3) is 0.682. The van der Waals surface area contributed by atoms with Crippen LogP contribution in [0.3, 0.4) is 0 Å². The van der Waals surface area contributed by atoms with E-state index in [9.17, 15) is 19.5 Å². The Morgan fingerprint density at radius 2 is 1.97 bits per heavy atom. The van der Waals surface area contributed by atoms with Crippen molar-refractivity contribution in [1.29, 1.82) is 0 Å². The molecule has 2 fully saturated rings. The fourth-order valence-electron chi connectivity index (χ4n) is 5.24. The molecule has 0 radical (unpaired) electrons. The Hall–Kier alpha value is -2.19. The highest BCUT2D eigenvalue weighted by Gasteiger charge is 2.72. The normalized spacial score (nSPS) is 38.2. The van der Waals surface area contributed by atoms with Gasteiger partial charge in [0.1, 0.15) is 17.6 Å². The third-order valence-electron chi connectivity index (χ3n) is 6.68. The maximum atomic E-state index is 13.7. The van der Waals surface area contributed by atoms with E-state index in [0.717, 1.165) is 6.42 Å². The Bertz CT molecular complexity index is 792. The molecule has 1 unspecified atom stereocenters. The molecule has 164 valence electrons. The number of rotatable bonds is 3. The van der Waals surface area contributed by atoms with Crippen molar-refractivity contribution in [1.82, 2.24) is 9.80 Å². The smallest absolute Gasteiger partial charge is 0.312 e. The van der Waals surface area contributed by atoms with Crippen LogP contribution in [0.5, 0.6) is 0 Å². The zero-order valence-electron chi connectivity index (χ0n) is 17.7. The van der Waals surface area contributed by atoms with Crippen molar-refractivity contribution >= 4 is 17.8 Å². The van der Waals surface area contributed by atoms with Gasteiger partial charge in [-0.15, -0.1) is 0 Å². The van der Waals surface area contributed by atoms with Crippen molar-refractivity contribution < 1.29 is 29.0 Å². The fourth-order valence-corrected chi connectivity index (χ4v) is 5.24. The van der Waals surface area contributed by atoms with Crippen molar-refractivity contribution in [3.63, 3.8) is 0 Å². The average Bonchev–Trinajstić information content (AvgIpc) is 3.12. The van der Waals surface area contributed by atoms with Gasteiger partial charge in [0.2, 0.25) is 11.8 Å². The molecule has 1 N–H and O–H groups in total. The van der Waals surface area contributed by atoms with Gasteiger partial charge in [0.15, 0.2) is 0 Å². The first kappa shape index (κ1) is 21.1. The molecule has 0 aliphatic carbocycles. The minimum absolute atomic E-state index is 0.0683. The third-order valence-corrected chi connectivity index (χ3v) is 6.68. The van der Waals surface area contributed by atoms with Gasteiger partial charge in [-0.3, -0.25) is 14.4 Å². The van der Waals surface area contributed by atoms with Gasteiger partial charge in [0.05, 0.1) is 31.3 Å². The second-order valence-corrected chi connectivity index (χ2v) is 8.84. The highest BCUT2D eigenvalue weighted by molar-refractivity contribution is 5.99. The molecule has 4 heterocycles. The number of allylic oxidation sites excluding steroid dienone is 1.